The highest BCUT2D eigenvalue weighted by molar-refractivity contribution is 5.99. The minimum Gasteiger partial charge on any atom is -0.374 e. The normalized spacial score (nSPS) is 25.3. The van der Waals surface area contributed by atoms with Crippen molar-refractivity contribution >= 4 is 23.3 Å². The van der Waals surface area contributed by atoms with Crippen LogP contribution in [0, 0.1) is 5.41 Å². The summed E-state index contributed by atoms with van der Waals surface area (Å²) in [5.41, 5.74) is 1.04. The summed E-state index contributed by atoms with van der Waals surface area (Å²) in [6, 6.07) is 6.12. The van der Waals surface area contributed by atoms with Crippen LogP contribution in [-0.2, 0) is 19.1 Å². The molecule has 3 aliphatic heterocycles. The lowest BCUT2D eigenvalue weighted by atomic mass is 9.85. The fourth-order valence-corrected chi connectivity index (χ4v) is 5.60. The number of piperazine rings is 1. The molecule has 4 rings (SSSR count). The van der Waals surface area contributed by atoms with Crippen LogP contribution in [-0.4, -0.2) is 104 Å². The van der Waals surface area contributed by atoms with Crippen LogP contribution in [0.4, 0.5) is 5.69 Å². The molecule has 9 nitrogen and oxygen atoms in total. The first-order valence-corrected chi connectivity index (χ1v) is 13.6. The zero-order valence-corrected chi connectivity index (χ0v) is 22.9. The van der Waals surface area contributed by atoms with Crippen molar-refractivity contribution in [1.82, 2.24) is 15.1 Å². The summed E-state index contributed by atoms with van der Waals surface area (Å²) >= 11 is 0. The van der Waals surface area contributed by atoms with Crippen molar-refractivity contribution in [3.8, 4) is 0 Å². The first-order chi connectivity index (χ1) is 17.6. The van der Waals surface area contributed by atoms with Crippen molar-refractivity contribution < 1.29 is 23.9 Å². The number of fused-ring (bicyclic) bond motifs is 1. The molecule has 1 unspecified atom stereocenters. The molecule has 0 saturated carbocycles. The molecule has 4 atom stereocenters. The first-order valence-electron chi connectivity index (χ1n) is 13.6. The van der Waals surface area contributed by atoms with Crippen LogP contribution in [0.1, 0.15) is 51.4 Å². The van der Waals surface area contributed by atoms with E-state index in [0.29, 0.717) is 12.2 Å². The molecule has 0 aromatic heterocycles. The van der Waals surface area contributed by atoms with E-state index in [2.05, 4.69) is 22.0 Å². The van der Waals surface area contributed by atoms with Gasteiger partial charge in [-0.15, -0.1) is 0 Å². The summed E-state index contributed by atoms with van der Waals surface area (Å²) in [5.74, 6) is -0.706. The van der Waals surface area contributed by atoms with Gasteiger partial charge in [0.05, 0.1) is 6.54 Å². The number of carbonyl (C=O) groups is 3. The average molecular weight is 515 g/mol. The molecule has 0 radical (unpaired) electrons. The van der Waals surface area contributed by atoms with Gasteiger partial charge in [0.2, 0.25) is 5.91 Å². The molecule has 3 heterocycles. The van der Waals surface area contributed by atoms with Crippen LogP contribution in [0.25, 0.3) is 0 Å². The van der Waals surface area contributed by atoms with Crippen molar-refractivity contribution in [3.63, 3.8) is 0 Å². The van der Waals surface area contributed by atoms with Gasteiger partial charge in [-0.1, -0.05) is 27.7 Å². The summed E-state index contributed by atoms with van der Waals surface area (Å²) in [7, 11) is 0. The number of nitrogens with zero attached hydrogens (tertiary/aromatic N) is 3. The van der Waals surface area contributed by atoms with Crippen LogP contribution in [0.15, 0.2) is 24.3 Å². The van der Waals surface area contributed by atoms with E-state index in [0.717, 1.165) is 44.8 Å². The second kappa shape index (κ2) is 11.5. The molecule has 3 fully saturated rings. The quantitative estimate of drug-likeness (QED) is 0.567. The van der Waals surface area contributed by atoms with Gasteiger partial charge in [0.25, 0.3) is 5.91 Å². The molecule has 0 spiro atoms. The molecule has 3 saturated heterocycles. The van der Waals surface area contributed by atoms with Crippen LogP contribution in [0.5, 0.6) is 0 Å². The summed E-state index contributed by atoms with van der Waals surface area (Å²) in [6.45, 7) is 15.7. The number of ether oxygens (including phenoxy) is 2. The smallest absolute Gasteiger partial charge is 0.251 e. The van der Waals surface area contributed by atoms with Crippen LogP contribution in [0.2, 0.25) is 0 Å². The fourth-order valence-electron chi connectivity index (χ4n) is 5.60. The van der Waals surface area contributed by atoms with Crippen molar-refractivity contribution in [3.05, 3.63) is 29.8 Å². The summed E-state index contributed by atoms with van der Waals surface area (Å²) in [4.78, 5) is 46.0. The second-order valence-electron chi connectivity index (χ2n) is 11.3. The maximum absolute atomic E-state index is 13.8. The minimum atomic E-state index is -0.805. The van der Waals surface area contributed by atoms with E-state index in [4.69, 9.17) is 9.47 Å². The lowest BCUT2D eigenvalue weighted by Gasteiger charge is -2.36. The molecule has 2 amide bonds. The van der Waals surface area contributed by atoms with Gasteiger partial charge < -0.3 is 24.6 Å². The maximum atomic E-state index is 13.8. The monoisotopic (exact) mass is 514 g/mol. The molecule has 0 bridgehead atoms. The van der Waals surface area contributed by atoms with E-state index in [9.17, 15) is 14.4 Å². The Morgan fingerprint density at radius 3 is 2.38 bits per heavy atom. The Kier molecular flexibility index (Phi) is 8.56. The Labute approximate surface area is 220 Å². The molecular weight excluding hydrogens is 472 g/mol. The van der Waals surface area contributed by atoms with Gasteiger partial charge in [-0.2, -0.15) is 0 Å². The largest absolute Gasteiger partial charge is 0.374 e. The highest BCUT2D eigenvalue weighted by Gasteiger charge is 2.54. The lowest BCUT2D eigenvalue weighted by molar-refractivity contribution is -0.140. The Bertz CT molecular complexity index is 968. The molecule has 1 aromatic carbocycles. The number of nitrogens with one attached hydrogen (secondary N) is 1. The number of likely N-dealkylation sites (tertiary alicyclic amines) is 1. The van der Waals surface area contributed by atoms with Gasteiger partial charge in [0.1, 0.15) is 30.9 Å². The predicted octanol–water partition coefficient (Wildman–Crippen LogP) is 1.95. The number of carbonyl (C=O) groups excluding carboxylic acids is 3. The zero-order valence-electron chi connectivity index (χ0n) is 22.9. The number of ketones is 1. The third kappa shape index (κ3) is 5.99. The number of benzene rings is 1. The highest BCUT2D eigenvalue weighted by Crippen LogP contribution is 2.32. The number of amides is 2. The Morgan fingerprint density at radius 2 is 1.78 bits per heavy atom. The Balaban J connectivity index is 1.44. The third-order valence-corrected chi connectivity index (χ3v) is 7.60. The number of anilines is 1. The number of Topliss-reactive ketones (excluding diaryl/α,β-unsaturated/α-hetero) is 1. The van der Waals surface area contributed by atoms with Gasteiger partial charge in [-0.25, -0.2) is 0 Å². The van der Waals surface area contributed by atoms with Crippen LogP contribution in [0.3, 0.4) is 0 Å². The standard InChI is InChI=1S/C28H42N4O5/c1-6-12-30-13-15-31(16-14-30)20-10-8-19(9-11-20)26(34)29-25(28(3,4)5)27(35)32-17-22(36-7-2)24-23(32)21(33)18-37-24/h8-11,22-25H,6-7,12-18H2,1-5H3,(H,29,34)/t22-,23+,24+,25?/m0/s1. The Morgan fingerprint density at radius 1 is 1.11 bits per heavy atom. The second-order valence-corrected chi connectivity index (χ2v) is 11.3. The van der Waals surface area contributed by atoms with Crippen molar-refractivity contribution in [1.29, 1.82) is 0 Å². The maximum Gasteiger partial charge on any atom is 0.251 e. The Hall–Kier alpha value is -2.49. The van der Waals surface area contributed by atoms with E-state index in [1.807, 2.05) is 52.0 Å². The molecule has 3 aliphatic rings. The molecule has 1 N–H and O–H groups in total. The lowest BCUT2D eigenvalue weighted by Crippen LogP contribution is -2.57. The van der Waals surface area contributed by atoms with E-state index in [1.54, 1.807) is 4.90 Å². The third-order valence-electron chi connectivity index (χ3n) is 7.60. The topological polar surface area (TPSA) is 91.4 Å². The van der Waals surface area contributed by atoms with Crippen molar-refractivity contribution in [2.24, 2.45) is 5.41 Å². The van der Waals surface area contributed by atoms with Gasteiger partial charge in [-0.05, 0) is 49.6 Å². The van der Waals surface area contributed by atoms with E-state index in [1.165, 1.54) is 0 Å². The SMILES string of the molecule is CCCN1CCN(c2ccc(C(=O)NC(C(=O)N3C[C@H](OCC)[C@H]4OCC(=O)[C@H]43)C(C)(C)C)cc2)CC1. The molecule has 1 aromatic rings. The van der Waals surface area contributed by atoms with Crippen molar-refractivity contribution in [2.75, 3.05) is 57.4 Å². The molecule has 0 aliphatic carbocycles. The van der Waals surface area contributed by atoms with Gasteiger partial charge in [0.15, 0.2) is 5.78 Å². The van der Waals surface area contributed by atoms with Crippen molar-refractivity contribution in [2.45, 2.75) is 65.3 Å². The molecule has 9 heteroatoms. The van der Waals surface area contributed by atoms with Gasteiger partial charge in [-0.3, -0.25) is 19.3 Å². The zero-order chi connectivity index (χ0) is 26.7. The van der Waals surface area contributed by atoms with E-state index in [-0.39, 0.29) is 36.9 Å². The first kappa shape index (κ1) is 27.5. The summed E-state index contributed by atoms with van der Waals surface area (Å²) in [6.07, 6.45) is 0.361. The van der Waals surface area contributed by atoms with Crippen LogP contribution < -0.4 is 10.2 Å². The van der Waals surface area contributed by atoms with E-state index >= 15 is 0 Å². The summed E-state index contributed by atoms with van der Waals surface area (Å²) in [5, 5.41) is 2.97. The number of rotatable bonds is 8. The van der Waals surface area contributed by atoms with Crippen LogP contribution >= 0.6 is 0 Å². The average Bonchev–Trinajstić information content (AvgIpc) is 3.43. The van der Waals surface area contributed by atoms with Gasteiger partial charge >= 0.3 is 0 Å². The minimum absolute atomic E-state index is 0.0186. The van der Waals surface area contributed by atoms with Gasteiger partial charge in [0, 0.05) is 44.0 Å². The highest BCUT2D eigenvalue weighted by atomic mass is 16.6. The molecular formula is C28H42N4O5. The van der Waals surface area contributed by atoms with E-state index < -0.39 is 23.6 Å². The summed E-state index contributed by atoms with van der Waals surface area (Å²) < 4.78 is 11.4. The fraction of sp³-hybridized carbons (Fsp3) is 0.679. The molecule has 204 valence electrons. The number of hydrogen-bond donors (Lipinski definition) is 1. The molecule has 37 heavy (non-hydrogen) atoms. The number of hydrogen-bond acceptors (Lipinski definition) is 7. The predicted molar refractivity (Wildman–Crippen MR) is 142 cm³/mol.